The molecule has 2 aromatic rings. The van der Waals surface area contributed by atoms with Gasteiger partial charge in [0.25, 0.3) is 0 Å². The smallest absolute Gasteiger partial charge is 0.228 e. The minimum atomic E-state index is -0.351. The van der Waals surface area contributed by atoms with Gasteiger partial charge in [-0.15, -0.1) is 0 Å². The number of carbonyl (C=O) groups is 2. The number of carbonyl (C=O) groups excluding carboxylic acids is 2. The first kappa shape index (κ1) is 18.7. The maximum atomic E-state index is 12.7. The summed E-state index contributed by atoms with van der Waals surface area (Å²) in [6.07, 6.45) is 2.20. The highest BCUT2D eigenvalue weighted by Gasteiger charge is 2.48. The fourth-order valence-corrected chi connectivity index (χ4v) is 3.31. The molecule has 0 aromatic heterocycles. The molecule has 0 bridgehead atoms. The van der Waals surface area contributed by atoms with E-state index in [-0.39, 0.29) is 23.7 Å². The van der Waals surface area contributed by atoms with Gasteiger partial charge in [-0.25, -0.2) is 0 Å². The van der Waals surface area contributed by atoms with Gasteiger partial charge >= 0.3 is 0 Å². The number of para-hydroxylation sites is 2. The second-order valence-corrected chi connectivity index (χ2v) is 6.74. The first-order chi connectivity index (χ1) is 13.1. The second-order valence-electron chi connectivity index (χ2n) is 6.74. The molecule has 1 aliphatic rings. The molecule has 138 valence electrons. The fourth-order valence-electron chi connectivity index (χ4n) is 3.31. The lowest BCUT2D eigenvalue weighted by molar-refractivity contribution is -0.122. The molecule has 3 rings (SSSR count). The Hall–Kier alpha value is -3.13. The molecule has 2 aromatic carbocycles. The molecule has 1 saturated carbocycles. The molecule has 1 fully saturated rings. The van der Waals surface area contributed by atoms with E-state index in [2.05, 4.69) is 30.6 Å². The average molecular weight is 361 g/mol. The molecular formula is C22H23N3O2. The lowest BCUT2D eigenvalue weighted by Crippen LogP contribution is -2.22. The number of amides is 2. The summed E-state index contributed by atoms with van der Waals surface area (Å²) in [6.45, 7) is 4.12. The van der Waals surface area contributed by atoms with Crippen LogP contribution in [0.2, 0.25) is 0 Å². The number of nitrogens with zero attached hydrogens (tertiary/aromatic N) is 1. The monoisotopic (exact) mass is 361 g/mol. The molecule has 2 unspecified atom stereocenters. The average Bonchev–Trinajstić information content (AvgIpc) is 3.49. The van der Waals surface area contributed by atoms with Crippen molar-refractivity contribution in [1.82, 2.24) is 0 Å². The predicted octanol–water partition coefficient (Wildman–Crippen LogP) is 3.90. The Kier molecular flexibility index (Phi) is 5.56. The van der Waals surface area contributed by atoms with Crippen molar-refractivity contribution in [2.24, 2.45) is 11.8 Å². The summed E-state index contributed by atoms with van der Waals surface area (Å²) in [5.41, 5.74) is 3.99. The molecule has 5 heteroatoms. The molecule has 2 N–H and O–H groups in total. The van der Waals surface area contributed by atoms with Crippen LogP contribution in [0.4, 0.5) is 11.4 Å². The van der Waals surface area contributed by atoms with Gasteiger partial charge in [0.15, 0.2) is 0 Å². The van der Waals surface area contributed by atoms with E-state index in [4.69, 9.17) is 5.26 Å². The number of aryl methyl sites for hydroxylation is 2. The van der Waals surface area contributed by atoms with Crippen molar-refractivity contribution in [3.63, 3.8) is 0 Å². The van der Waals surface area contributed by atoms with Gasteiger partial charge in [0.2, 0.25) is 11.8 Å². The quantitative estimate of drug-likeness (QED) is 0.819. The van der Waals surface area contributed by atoms with E-state index in [0.717, 1.165) is 29.7 Å². The summed E-state index contributed by atoms with van der Waals surface area (Å²) in [5.74, 6) is -0.999. The Morgan fingerprint density at radius 3 is 2.15 bits per heavy atom. The largest absolute Gasteiger partial charge is 0.325 e. The Bertz CT molecular complexity index is 892. The van der Waals surface area contributed by atoms with Crippen molar-refractivity contribution < 1.29 is 9.59 Å². The van der Waals surface area contributed by atoms with Gasteiger partial charge in [0.1, 0.15) is 6.07 Å². The molecule has 27 heavy (non-hydrogen) atoms. The Labute approximate surface area is 159 Å². The molecule has 2 amide bonds. The van der Waals surface area contributed by atoms with Crippen molar-refractivity contribution in [2.45, 2.75) is 33.1 Å². The lowest BCUT2D eigenvalue weighted by atomic mass is 10.0. The van der Waals surface area contributed by atoms with E-state index in [1.165, 1.54) is 0 Å². The molecule has 0 heterocycles. The SMILES string of the molecule is CCc1cccc(CC)c1NC(=O)C1CC1C(=O)Nc1ccccc1C#N. The van der Waals surface area contributed by atoms with E-state index in [1.54, 1.807) is 24.3 Å². The number of anilines is 2. The van der Waals surface area contributed by atoms with Crippen molar-refractivity contribution in [2.75, 3.05) is 10.6 Å². The van der Waals surface area contributed by atoms with Crippen LogP contribution in [0.1, 0.15) is 37.0 Å². The molecule has 0 radical (unpaired) electrons. The van der Waals surface area contributed by atoms with Gasteiger partial charge in [-0.3, -0.25) is 9.59 Å². The predicted molar refractivity (Wildman–Crippen MR) is 105 cm³/mol. The third-order valence-electron chi connectivity index (χ3n) is 5.02. The maximum Gasteiger partial charge on any atom is 0.228 e. The van der Waals surface area contributed by atoms with Crippen LogP contribution < -0.4 is 10.6 Å². The summed E-state index contributed by atoms with van der Waals surface area (Å²) in [5, 5.41) is 14.9. The van der Waals surface area contributed by atoms with Crippen molar-refractivity contribution in [1.29, 1.82) is 5.26 Å². The first-order valence-electron chi connectivity index (χ1n) is 9.30. The third kappa shape index (κ3) is 4.01. The molecule has 0 spiro atoms. The number of rotatable bonds is 6. The van der Waals surface area contributed by atoms with Crippen LogP contribution >= 0.6 is 0 Å². The Morgan fingerprint density at radius 1 is 0.963 bits per heavy atom. The first-order valence-corrected chi connectivity index (χ1v) is 9.30. The van der Waals surface area contributed by atoms with Gasteiger partial charge in [-0.05, 0) is 42.5 Å². The number of nitriles is 1. The number of hydrogen-bond donors (Lipinski definition) is 2. The van der Waals surface area contributed by atoms with E-state index in [1.807, 2.05) is 18.2 Å². The van der Waals surface area contributed by atoms with Crippen LogP contribution in [0.3, 0.4) is 0 Å². The van der Waals surface area contributed by atoms with E-state index < -0.39 is 0 Å². The number of hydrogen-bond acceptors (Lipinski definition) is 3. The highest BCUT2D eigenvalue weighted by Crippen LogP contribution is 2.41. The van der Waals surface area contributed by atoms with E-state index >= 15 is 0 Å². The van der Waals surface area contributed by atoms with Crippen LogP contribution in [0, 0.1) is 23.2 Å². The fraction of sp³-hybridized carbons (Fsp3) is 0.318. The van der Waals surface area contributed by atoms with Crippen molar-refractivity contribution in [3.05, 3.63) is 59.2 Å². The molecule has 0 saturated heterocycles. The van der Waals surface area contributed by atoms with Gasteiger partial charge in [0.05, 0.1) is 23.1 Å². The highest BCUT2D eigenvalue weighted by molar-refractivity contribution is 6.04. The molecular weight excluding hydrogens is 338 g/mol. The van der Waals surface area contributed by atoms with Crippen LogP contribution in [0.5, 0.6) is 0 Å². The highest BCUT2D eigenvalue weighted by atomic mass is 16.2. The van der Waals surface area contributed by atoms with E-state index in [0.29, 0.717) is 17.7 Å². The van der Waals surface area contributed by atoms with Gasteiger partial charge in [0, 0.05) is 5.69 Å². The zero-order chi connectivity index (χ0) is 19.4. The van der Waals surface area contributed by atoms with Crippen LogP contribution in [-0.4, -0.2) is 11.8 Å². The summed E-state index contributed by atoms with van der Waals surface area (Å²) in [7, 11) is 0. The lowest BCUT2D eigenvalue weighted by Gasteiger charge is -2.14. The number of benzene rings is 2. The molecule has 2 atom stereocenters. The minimum absolute atomic E-state index is 0.112. The summed E-state index contributed by atoms with van der Waals surface area (Å²) in [6, 6.07) is 15.0. The second kappa shape index (κ2) is 8.05. The zero-order valence-corrected chi connectivity index (χ0v) is 15.6. The van der Waals surface area contributed by atoms with Gasteiger partial charge in [-0.2, -0.15) is 5.26 Å². The Morgan fingerprint density at radius 2 is 1.56 bits per heavy atom. The van der Waals surface area contributed by atoms with Crippen LogP contribution in [0.15, 0.2) is 42.5 Å². The Balaban J connectivity index is 1.66. The van der Waals surface area contributed by atoms with Gasteiger partial charge < -0.3 is 10.6 Å². The van der Waals surface area contributed by atoms with Crippen molar-refractivity contribution >= 4 is 23.2 Å². The molecule has 5 nitrogen and oxygen atoms in total. The minimum Gasteiger partial charge on any atom is -0.325 e. The summed E-state index contributed by atoms with van der Waals surface area (Å²) < 4.78 is 0. The van der Waals surface area contributed by atoms with E-state index in [9.17, 15) is 9.59 Å². The third-order valence-corrected chi connectivity index (χ3v) is 5.02. The van der Waals surface area contributed by atoms with Gasteiger partial charge in [-0.1, -0.05) is 44.2 Å². The summed E-state index contributed by atoms with van der Waals surface area (Å²) in [4.78, 5) is 25.1. The normalized spacial score (nSPS) is 17.7. The summed E-state index contributed by atoms with van der Waals surface area (Å²) >= 11 is 0. The maximum absolute atomic E-state index is 12.7. The number of nitrogens with one attached hydrogen (secondary N) is 2. The van der Waals surface area contributed by atoms with Crippen LogP contribution in [-0.2, 0) is 22.4 Å². The molecule has 0 aliphatic heterocycles. The molecule has 1 aliphatic carbocycles. The topological polar surface area (TPSA) is 82.0 Å². The standard InChI is InChI=1S/C22H23N3O2/c1-3-14-9-7-10-15(4-2)20(14)25-22(27)18-12-17(18)21(26)24-19-11-6-5-8-16(19)13-23/h5-11,17-18H,3-4,12H2,1-2H3,(H,24,26)(H,25,27). The zero-order valence-electron chi connectivity index (χ0n) is 15.6. The van der Waals surface area contributed by atoms with Crippen molar-refractivity contribution in [3.8, 4) is 6.07 Å². The van der Waals surface area contributed by atoms with Crippen LogP contribution in [0.25, 0.3) is 0 Å².